The van der Waals surface area contributed by atoms with Crippen LogP contribution in [0.4, 0.5) is 0 Å². The molecular weight excluding hydrogens is 405 g/mol. The van der Waals surface area contributed by atoms with Gasteiger partial charge in [-0.15, -0.1) is 0 Å². The summed E-state index contributed by atoms with van der Waals surface area (Å²) in [5.41, 5.74) is 0. The topological polar surface area (TPSA) is 0 Å². The predicted molar refractivity (Wildman–Crippen MR) is 45.5 cm³/mol. The molecule has 34 valence electrons. The summed E-state index contributed by atoms with van der Waals surface area (Å²) in [4.78, 5) is 4.70. The Bertz CT molecular complexity index is 23.1. The predicted octanol–water partition coefficient (Wildman–Crippen LogP) is 2.56. The van der Waals surface area contributed by atoms with Gasteiger partial charge in [0.25, 0.3) is 0 Å². The zero-order valence-electron chi connectivity index (χ0n) is 3.16. The van der Waals surface area contributed by atoms with Crippen LogP contribution in [-0.2, 0) is 0 Å². The zero-order chi connectivity index (χ0) is 4.50. The molecule has 0 aliphatic carbocycles. The van der Waals surface area contributed by atoms with Crippen LogP contribution >= 0.6 is 37.4 Å². The Hall–Kier alpha value is 2.25. The molecule has 0 rings (SSSR count). The molecule has 0 saturated carbocycles. The summed E-state index contributed by atoms with van der Waals surface area (Å²) >= 11 is 5.11. The first-order valence-electron chi connectivity index (χ1n) is 1.13. The standard InChI is InChI=1S/C2H6I2Te/c1-5(2,3)4/h1-2H3. The molecular formula is C2H6I2Te. The summed E-state index contributed by atoms with van der Waals surface area (Å²) in [6, 6.07) is 0. The van der Waals surface area contributed by atoms with Crippen molar-refractivity contribution in [2.75, 3.05) is 0 Å². The van der Waals surface area contributed by atoms with Crippen LogP contribution in [0.25, 0.3) is 0 Å². The molecule has 0 nitrogen and oxygen atoms in total. The van der Waals surface area contributed by atoms with E-state index in [2.05, 4.69) is 47.3 Å². The van der Waals surface area contributed by atoms with Gasteiger partial charge >= 0.3 is 57.6 Å². The molecule has 0 aliphatic heterocycles. The third-order valence-corrected chi connectivity index (χ3v) is 0. The van der Waals surface area contributed by atoms with E-state index in [-0.39, 0.29) is 0 Å². The Morgan fingerprint density at radius 1 is 1.20 bits per heavy atom. The van der Waals surface area contributed by atoms with Crippen LogP contribution in [0.5, 0.6) is 0 Å². The molecule has 0 bridgehead atoms. The van der Waals surface area contributed by atoms with Crippen LogP contribution in [0.3, 0.4) is 0 Å². The van der Waals surface area contributed by atoms with Gasteiger partial charge < -0.3 is 0 Å². The number of halogens is 2. The Balaban J connectivity index is 3.02. The van der Waals surface area contributed by atoms with Gasteiger partial charge in [-0.3, -0.25) is 0 Å². The van der Waals surface area contributed by atoms with E-state index in [0.29, 0.717) is 0 Å². The molecule has 0 aromatic rings. The van der Waals surface area contributed by atoms with Crippen LogP contribution < -0.4 is 0 Å². The third kappa shape index (κ3) is 22.3. The summed E-state index contributed by atoms with van der Waals surface area (Å²) in [5.74, 6) is 0. The maximum absolute atomic E-state index is 2.55. The third-order valence-electron chi connectivity index (χ3n) is 0. The van der Waals surface area contributed by atoms with E-state index in [9.17, 15) is 0 Å². The average molecular weight is 411 g/mol. The SMILES string of the molecule is C[Te](C)(I)I. The van der Waals surface area contributed by atoms with Crippen LogP contribution in [-0.4, -0.2) is 10.3 Å². The van der Waals surface area contributed by atoms with E-state index in [4.69, 9.17) is 0 Å². The minimum atomic E-state index is -1.08. The van der Waals surface area contributed by atoms with Crippen LogP contribution in [0, 0.1) is 0 Å². The molecule has 0 fully saturated rings. The van der Waals surface area contributed by atoms with E-state index in [1.165, 1.54) is 0 Å². The summed E-state index contributed by atoms with van der Waals surface area (Å²) < 4.78 is 0. The van der Waals surface area contributed by atoms with Gasteiger partial charge in [0, 0.05) is 0 Å². The van der Waals surface area contributed by atoms with Crippen molar-refractivity contribution >= 4 is 47.7 Å². The molecule has 0 N–H and O–H groups in total. The first-order valence-corrected chi connectivity index (χ1v) is 19.4. The van der Waals surface area contributed by atoms with Crippen molar-refractivity contribution in [2.45, 2.75) is 9.94 Å². The van der Waals surface area contributed by atoms with Gasteiger partial charge in [-0.05, 0) is 0 Å². The molecule has 0 spiro atoms. The summed E-state index contributed by atoms with van der Waals surface area (Å²) in [7, 11) is -1.08. The molecule has 0 saturated heterocycles. The van der Waals surface area contributed by atoms with Gasteiger partial charge in [0.05, 0.1) is 0 Å². The monoisotopic (exact) mass is 414 g/mol. The van der Waals surface area contributed by atoms with Gasteiger partial charge in [-0.2, -0.15) is 0 Å². The number of hydrogen-bond acceptors (Lipinski definition) is 0. The van der Waals surface area contributed by atoms with Crippen molar-refractivity contribution in [3.8, 4) is 0 Å². The normalized spacial score (nSPS) is 15.2. The fourth-order valence-corrected chi connectivity index (χ4v) is 0. The summed E-state index contributed by atoms with van der Waals surface area (Å²) in [6.07, 6.45) is 0. The molecule has 0 aromatic carbocycles. The van der Waals surface area contributed by atoms with E-state index >= 15 is 0 Å². The van der Waals surface area contributed by atoms with Crippen molar-refractivity contribution in [1.29, 1.82) is 0 Å². The van der Waals surface area contributed by atoms with Gasteiger partial charge in [0.15, 0.2) is 0 Å². The quantitative estimate of drug-likeness (QED) is 0.425. The van der Waals surface area contributed by atoms with Gasteiger partial charge in [-0.1, -0.05) is 0 Å². The minimum absolute atomic E-state index is 1.08. The average Bonchev–Trinajstić information content (AvgIpc) is 0.722. The Morgan fingerprint density at radius 2 is 1.20 bits per heavy atom. The van der Waals surface area contributed by atoms with Gasteiger partial charge in [-0.25, -0.2) is 0 Å². The maximum atomic E-state index is 2.55. The molecule has 0 radical (unpaired) electrons. The molecule has 5 heavy (non-hydrogen) atoms. The van der Waals surface area contributed by atoms with Crippen LogP contribution in [0.15, 0.2) is 0 Å². The van der Waals surface area contributed by atoms with Crippen molar-refractivity contribution in [1.82, 2.24) is 0 Å². The molecule has 0 heterocycles. The van der Waals surface area contributed by atoms with E-state index in [1.54, 1.807) is 0 Å². The number of hydrogen-bond donors (Lipinski definition) is 0. The Morgan fingerprint density at radius 3 is 1.20 bits per heavy atom. The van der Waals surface area contributed by atoms with E-state index in [0.717, 1.165) is 0 Å². The second kappa shape index (κ2) is 2.53. The Labute approximate surface area is 56.4 Å². The van der Waals surface area contributed by atoms with E-state index < -0.39 is 10.3 Å². The summed E-state index contributed by atoms with van der Waals surface area (Å²) in [6.45, 7) is 0. The van der Waals surface area contributed by atoms with Crippen molar-refractivity contribution in [3.63, 3.8) is 0 Å². The van der Waals surface area contributed by atoms with Crippen molar-refractivity contribution in [2.24, 2.45) is 0 Å². The first-order chi connectivity index (χ1) is 2.00. The first kappa shape index (κ1) is 7.25. The van der Waals surface area contributed by atoms with E-state index in [1.807, 2.05) is 0 Å². The fourth-order valence-electron chi connectivity index (χ4n) is 0. The van der Waals surface area contributed by atoms with Crippen LogP contribution in [0.2, 0.25) is 9.94 Å². The fraction of sp³-hybridized carbons (Fsp3) is 1.00. The molecule has 0 atom stereocenters. The zero-order valence-corrected chi connectivity index (χ0v) is 9.81. The molecule has 0 amide bonds. The molecule has 3 heteroatoms. The Kier molecular flexibility index (Phi) is 3.67. The molecule has 0 unspecified atom stereocenters. The second-order valence-corrected chi connectivity index (χ2v) is 48.1. The number of rotatable bonds is 0. The van der Waals surface area contributed by atoms with Crippen LogP contribution in [0.1, 0.15) is 0 Å². The molecule has 0 aromatic heterocycles. The second-order valence-electron chi connectivity index (χ2n) is 1.08. The van der Waals surface area contributed by atoms with Crippen molar-refractivity contribution in [3.05, 3.63) is 0 Å². The summed E-state index contributed by atoms with van der Waals surface area (Å²) in [5, 5.41) is 0. The van der Waals surface area contributed by atoms with Crippen molar-refractivity contribution < 1.29 is 0 Å². The van der Waals surface area contributed by atoms with Gasteiger partial charge in [0.1, 0.15) is 0 Å². The molecule has 0 aliphatic rings. The van der Waals surface area contributed by atoms with Gasteiger partial charge in [0.2, 0.25) is 0 Å².